The Balaban J connectivity index is 3.67. The maximum absolute atomic E-state index is 8.92. The van der Waals surface area contributed by atoms with Gasteiger partial charge >= 0.3 is 0 Å². The average Bonchev–Trinajstić information content (AvgIpc) is 2.17. The lowest BCUT2D eigenvalue weighted by atomic mass is 10.2. The molecule has 0 aliphatic carbocycles. The first-order valence-corrected chi connectivity index (χ1v) is 7.19. The van der Waals surface area contributed by atoms with E-state index in [0.29, 0.717) is 12.6 Å². The largest absolute Gasteiger partial charge is 0.396 e. The van der Waals surface area contributed by atoms with Crippen LogP contribution in [0, 0.1) is 5.92 Å². The van der Waals surface area contributed by atoms with Gasteiger partial charge in [-0.2, -0.15) is 11.8 Å². The van der Waals surface area contributed by atoms with E-state index >= 15 is 0 Å². The quantitative estimate of drug-likeness (QED) is 0.619. The van der Waals surface area contributed by atoms with Crippen molar-refractivity contribution in [3.63, 3.8) is 0 Å². The molecular weight excluding hydrogens is 222 g/mol. The van der Waals surface area contributed by atoms with Gasteiger partial charge in [0.2, 0.25) is 0 Å². The number of hydrogen-bond acceptors (Lipinski definition) is 4. The zero-order valence-electron chi connectivity index (χ0n) is 11.0. The normalized spacial score (nSPS) is 15.4. The van der Waals surface area contributed by atoms with Crippen LogP contribution in [-0.4, -0.2) is 49.0 Å². The lowest BCUT2D eigenvalue weighted by Gasteiger charge is -2.22. The van der Waals surface area contributed by atoms with Crippen molar-refractivity contribution in [2.45, 2.75) is 39.3 Å². The second-order valence-corrected chi connectivity index (χ2v) is 5.74. The van der Waals surface area contributed by atoms with E-state index in [2.05, 4.69) is 26.1 Å². The summed E-state index contributed by atoms with van der Waals surface area (Å²) in [5.74, 6) is 3.08. The van der Waals surface area contributed by atoms with E-state index in [4.69, 9.17) is 9.84 Å². The van der Waals surface area contributed by atoms with Crippen molar-refractivity contribution in [3.8, 4) is 0 Å². The van der Waals surface area contributed by atoms with Gasteiger partial charge in [-0.05, 0) is 25.0 Å². The van der Waals surface area contributed by atoms with E-state index in [1.54, 1.807) is 7.11 Å². The van der Waals surface area contributed by atoms with Gasteiger partial charge in [0, 0.05) is 31.6 Å². The summed E-state index contributed by atoms with van der Waals surface area (Å²) in [5.41, 5.74) is 0. The molecule has 2 N–H and O–H groups in total. The maximum atomic E-state index is 8.92. The summed E-state index contributed by atoms with van der Waals surface area (Å²) in [6.45, 7) is 7.55. The van der Waals surface area contributed by atoms with Gasteiger partial charge in [-0.3, -0.25) is 0 Å². The number of nitrogens with one attached hydrogen (secondary N) is 1. The number of hydrogen-bond donors (Lipinski definition) is 2. The summed E-state index contributed by atoms with van der Waals surface area (Å²) in [5, 5.41) is 12.4. The standard InChI is InChI=1S/C12H27NO2S/c1-10(2)8-16-9-11(3)13-12(5-6-14)7-15-4/h10-14H,5-9H2,1-4H3. The molecule has 0 heterocycles. The van der Waals surface area contributed by atoms with Crippen LogP contribution in [0.25, 0.3) is 0 Å². The summed E-state index contributed by atoms with van der Waals surface area (Å²) in [6.07, 6.45) is 0.757. The molecule has 0 fully saturated rings. The minimum Gasteiger partial charge on any atom is -0.396 e. The molecule has 3 nitrogen and oxygen atoms in total. The van der Waals surface area contributed by atoms with Crippen LogP contribution in [0.4, 0.5) is 0 Å². The molecule has 98 valence electrons. The molecule has 0 saturated carbocycles. The molecule has 0 aromatic heterocycles. The van der Waals surface area contributed by atoms with Crippen molar-refractivity contribution in [2.24, 2.45) is 5.92 Å². The van der Waals surface area contributed by atoms with Gasteiger partial charge in [0.25, 0.3) is 0 Å². The topological polar surface area (TPSA) is 41.5 Å². The third kappa shape index (κ3) is 9.46. The molecule has 0 saturated heterocycles. The number of ether oxygens (including phenoxy) is 1. The lowest BCUT2D eigenvalue weighted by Crippen LogP contribution is -2.41. The second kappa shape index (κ2) is 10.4. The molecule has 0 aromatic carbocycles. The number of rotatable bonds is 10. The average molecular weight is 249 g/mol. The van der Waals surface area contributed by atoms with Crippen LogP contribution in [0.15, 0.2) is 0 Å². The van der Waals surface area contributed by atoms with Crippen LogP contribution in [0.2, 0.25) is 0 Å². The van der Waals surface area contributed by atoms with Gasteiger partial charge in [-0.15, -0.1) is 0 Å². The predicted octanol–water partition coefficient (Wildman–Crippen LogP) is 1.75. The Kier molecular flexibility index (Phi) is 10.5. The van der Waals surface area contributed by atoms with E-state index < -0.39 is 0 Å². The number of thioether (sulfide) groups is 1. The highest BCUT2D eigenvalue weighted by Gasteiger charge is 2.11. The number of aliphatic hydroxyl groups excluding tert-OH is 1. The van der Waals surface area contributed by atoms with Gasteiger partial charge < -0.3 is 15.2 Å². The Morgan fingerprint density at radius 2 is 1.94 bits per heavy atom. The first-order valence-electron chi connectivity index (χ1n) is 6.03. The van der Waals surface area contributed by atoms with E-state index in [-0.39, 0.29) is 12.6 Å². The van der Waals surface area contributed by atoms with Gasteiger partial charge in [-0.25, -0.2) is 0 Å². The van der Waals surface area contributed by atoms with Crippen LogP contribution in [0.3, 0.4) is 0 Å². The van der Waals surface area contributed by atoms with Crippen LogP contribution in [0.5, 0.6) is 0 Å². The van der Waals surface area contributed by atoms with Crippen LogP contribution in [-0.2, 0) is 4.74 Å². The molecular formula is C12H27NO2S. The highest BCUT2D eigenvalue weighted by atomic mass is 32.2. The smallest absolute Gasteiger partial charge is 0.0616 e. The highest BCUT2D eigenvalue weighted by molar-refractivity contribution is 7.99. The van der Waals surface area contributed by atoms with Crippen molar-refractivity contribution in [1.82, 2.24) is 5.32 Å². The Bertz CT molecular complexity index is 150. The fraction of sp³-hybridized carbons (Fsp3) is 1.00. The molecule has 0 aliphatic heterocycles. The minimum atomic E-state index is 0.215. The van der Waals surface area contributed by atoms with E-state index in [9.17, 15) is 0 Å². The molecule has 0 amide bonds. The fourth-order valence-electron chi connectivity index (χ4n) is 1.50. The highest BCUT2D eigenvalue weighted by Crippen LogP contribution is 2.09. The molecule has 0 aliphatic rings. The summed E-state index contributed by atoms with van der Waals surface area (Å²) in [6, 6.07) is 0.736. The number of aliphatic hydroxyl groups is 1. The summed E-state index contributed by atoms with van der Waals surface area (Å²) in [4.78, 5) is 0. The van der Waals surface area contributed by atoms with E-state index in [0.717, 1.165) is 18.1 Å². The molecule has 2 unspecified atom stereocenters. The molecule has 16 heavy (non-hydrogen) atoms. The molecule has 0 radical (unpaired) electrons. The van der Waals surface area contributed by atoms with Crippen LogP contribution in [0.1, 0.15) is 27.2 Å². The van der Waals surface area contributed by atoms with Gasteiger partial charge in [0.15, 0.2) is 0 Å². The first kappa shape index (κ1) is 16.2. The van der Waals surface area contributed by atoms with E-state index in [1.165, 1.54) is 5.75 Å². The second-order valence-electron chi connectivity index (χ2n) is 4.66. The summed E-state index contributed by atoms with van der Waals surface area (Å²) >= 11 is 1.98. The summed E-state index contributed by atoms with van der Waals surface area (Å²) in [7, 11) is 1.70. The Hall–Kier alpha value is 0.230. The maximum Gasteiger partial charge on any atom is 0.0616 e. The molecule has 0 aromatic rings. The fourth-order valence-corrected chi connectivity index (χ4v) is 2.56. The molecule has 0 bridgehead atoms. The number of methoxy groups -OCH3 is 1. The van der Waals surface area contributed by atoms with Crippen molar-refractivity contribution < 1.29 is 9.84 Å². The third-order valence-corrected chi connectivity index (χ3v) is 3.82. The zero-order chi connectivity index (χ0) is 12.4. The predicted molar refractivity (Wildman–Crippen MR) is 72.1 cm³/mol. The SMILES string of the molecule is COCC(CCO)NC(C)CSCC(C)C. The van der Waals surface area contributed by atoms with Gasteiger partial charge in [0.1, 0.15) is 0 Å². The molecule has 4 heteroatoms. The molecule has 0 rings (SSSR count). The van der Waals surface area contributed by atoms with Crippen molar-refractivity contribution in [3.05, 3.63) is 0 Å². The Morgan fingerprint density at radius 1 is 1.25 bits per heavy atom. The lowest BCUT2D eigenvalue weighted by molar-refractivity contribution is 0.145. The molecule has 2 atom stereocenters. The summed E-state index contributed by atoms with van der Waals surface area (Å²) < 4.78 is 5.12. The Labute approximate surface area is 104 Å². The first-order chi connectivity index (χ1) is 7.60. The zero-order valence-corrected chi connectivity index (χ0v) is 11.8. The van der Waals surface area contributed by atoms with Crippen LogP contribution >= 0.6 is 11.8 Å². The van der Waals surface area contributed by atoms with Crippen LogP contribution < -0.4 is 5.32 Å². The monoisotopic (exact) mass is 249 g/mol. The van der Waals surface area contributed by atoms with Crippen molar-refractivity contribution in [2.75, 3.05) is 31.8 Å². The third-order valence-electron chi connectivity index (χ3n) is 2.18. The Morgan fingerprint density at radius 3 is 2.44 bits per heavy atom. The molecule has 0 spiro atoms. The van der Waals surface area contributed by atoms with Crippen molar-refractivity contribution in [1.29, 1.82) is 0 Å². The van der Waals surface area contributed by atoms with Gasteiger partial charge in [-0.1, -0.05) is 13.8 Å². The van der Waals surface area contributed by atoms with Gasteiger partial charge in [0.05, 0.1) is 6.61 Å². The van der Waals surface area contributed by atoms with E-state index in [1.807, 2.05) is 11.8 Å². The van der Waals surface area contributed by atoms with Crippen molar-refractivity contribution >= 4 is 11.8 Å². The minimum absolute atomic E-state index is 0.215.